The van der Waals surface area contributed by atoms with Crippen molar-refractivity contribution in [2.45, 2.75) is 6.04 Å². The lowest BCUT2D eigenvalue weighted by Crippen LogP contribution is -2.29. The molecule has 1 atom stereocenters. The Morgan fingerprint density at radius 1 is 1.19 bits per heavy atom. The van der Waals surface area contributed by atoms with Crippen molar-refractivity contribution >= 4 is 44.1 Å². The number of anilines is 1. The van der Waals surface area contributed by atoms with Crippen LogP contribution in [0.5, 0.6) is 5.75 Å². The van der Waals surface area contributed by atoms with E-state index in [-0.39, 0.29) is 22.2 Å². The van der Waals surface area contributed by atoms with E-state index in [1.807, 2.05) is 0 Å². The third kappa shape index (κ3) is 3.14. The molecule has 0 aliphatic carbocycles. The molecule has 160 valence electrons. The van der Waals surface area contributed by atoms with Crippen molar-refractivity contribution in [2.75, 3.05) is 12.0 Å². The van der Waals surface area contributed by atoms with Gasteiger partial charge in [-0.05, 0) is 42.5 Å². The van der Waals surface area contributed by atoms with Crippen LogP contribution in [0.2, 0.25) is 0 Å². The number of fused-ring (bicyclic) bond motifs is 1. The summed E-state index contributed by atoms with van der Waals surface area (Å²) in [5.41, 5.74) is 0.660. The predicted octanol–water partition coefficient (Wildman–Crippen LogP) is 4.66. The van der Waals surface area contributed by atoms with Gasteiger partial charge in [0.25, 0.3) is 5.78 Å². The lowest BCUT2D eigenvalue weighted by Gasteiger charge is -2.20. The zero-order valence-electron chi connectivity index (χ0n) is 16.6. The number of ketones is 1. The zero-order chi connectivity index (χ0) is 22.4. The number of aliphatic hydroxyl groups excluding tert-OH is 1. The molecule has 32 heavy (non-hydrogen) atoms. The van der Waals surface area contributed by atoms with Gasteiger partial charge in [-0.3, -0.25) is 14.5 Å². The number of carbonyl (C=O) groups is 2. The Morgan fingerprint density at radius 2 is 2.03 bits per heavy atom. The van der Waals surface area contributed by atoms with Crippen LogP contribution in [0.15, 0.2) is 70.9 Å². The van der Waals surface area contributed by atoms with E-state index in [0.717, 1.165) is 11.3 Å². The first-order chi connectivity index (χ1) is 15.5. The summed E-state index contributed by atoms with van der Waals surface area (Å²) in [6, 6.07) is 12.8. The number of nitrogens with zero attached hydrogens (tertiary/aromatic N) is 2. The highest BCUT2D eigenvalue weighted by molar-refractivity contribution is 7.22. The fourth-order valence-corrected chi connectivity index (χ4v) is 4.68. The number of methoxy groups -OCH3 is 1. The molecule has 4 aromatic rings. The number of furan rings is 1. The Bertz CT molecular complexity index is 1390. The van der Waals surface area contributed by atoms with Crippen molar-refractivity contribution in [3.63, 3.8) is 0 Å². The van der Waals surface area contributed by atoms with Gasteiger partial charge in [0.05, 0.1) is 29.2 Å². The fourth-order valence-electron chi connectivity index (χ4n) is 3.66. The first kappa shape index (κ1) is 20.0. The molecule has 1 aliphatic heterocycles. The molecule has 0 spiro atoms. The van der Waals surface area contributed by atoms with Crippen molar-refractivity contribution in [3.05, 3.63) is 83.6 Å². The molecule has 0 bridgehead atoms. The van der Waals surface area contributed by atoms with Gasteiger partial charge in [0.2, 0.25) is 0 Å². The number of rotatable bonds is 4. The fraction of sp³-hybridized carbons (Fsp3) is 0.0870. The quantitative estimate of drug-likeness (QED) is 0.276. The van der Waals surface area contributed by atoms with Crippen molar-refractivity contribution in [1.82, 2.24) is 4.98 Å². The summed E-state index contributed by atoms with van der Waals surface area (Å²) in [5, 5.41) is 11.2. The first-order valence-corrected chi connectivity index (χ1v) is 10.3. The molecule has 1 fully saturated rings. The van der Waals surface area contributed by atoms with Crippen LogP contribution in [0.4, 0.5) is 9.52 Å². The number of ether oxygens (including phenoxy) is 1. The van der Waals surface area contributed by atoms with E-state index in [2.05, 4.69) is 4.98 Å². The highest BCUT2D eigenvalue weighted by atomic mass is 32.1. The zero-order valence-corrected chi connectivity index (χ0v) is 17.4. The highest BCUT2D eigenvalue weighted by Crippen LogP contribution is 2.44. The maximum absolute atomic E-state index is 13.7. The van der Waals surface area contributed by atoms with Crippen LogP contribution in [-0.4, -0.2) is 28.9 Å². The first-order valence-electron chi connectivity index (χ1n) is 9.53. The van der Waals surface area contributed by atoms with Gasteiger partial charge in [0.15, 0.2) is 5.13 Å². The number of amides is 1. The maximum atomic E-state index is 13.7. The highest BCUT2D eigenvalue weighted by Gasteiger charge is 2.49. The third-order valence-electron chi connectivity index (χ3n) is 5.15. The number of carbonyl (C=O) groups excluding carboxylic acids is 2. The molecule has 1 N–H and O–H groups in total. The van der Waals surface area contributed by atoms with E-state index in [1.54, 1.807) is 36.4 Å². The van der Waals surface area contributed by atoms with Gasteiger partial charge < -0.3 is 14.3 Å². The molecule has 9 heteroatoms. The lowest BCUT2D eigenvalue weighted by atomic mass is 9.99. The van der Waals surface area contributed by atoms with Crippen LogP contribution >= 0.6 is 11.3 Å². The van der Waals surface area contributed by atoms with Gasteiger partial charge in [-0.1, -0.05) is 23.5 Å². The number of benzene rings is 2. The third-order valence-corrected chi connectivity index (χ3v) is 6.16. The Balaban J connectivity index is 1.71. The number of hydrogen-bond acceptors (Lipinski definition) is 7. The Morgan fingerprint density at radius 3 is 2.78 bits per heavy atom. The monoisotopic (exact) mass is 450 g/mol. The molecular weight excluding hydrogens is 435 g/mol. The molecule has 1 saturated heterocycles. The van der Waals surface area contributed by atoms with E-state index < -0.39 is 23.5 Å². The molecule has 7 nitrogen and oxygen atoms in total. The van der Waals surface area contributed by atoms with Gasteiger partial charge in [0, 0.05) is 5.56 Å². The van der Waals surface area contributed by atoms with Crippen molar-refractivity contribution in [3.8, 4) is 5.75 Å². The average Bonchev–Trinajstić information content (AvgIpc) is 3.52. The van der Waals surface area contributed by atoms with Crippen molar-refractivity contribution < 1.29 is 28.2 Å². The summed E-state index contributed by atoms with van der Waals surface area (Å²) < 4.78 is 24.9. The minimum absolute atomic E-state index is 0.136. The van der Waals surface area contributed by atoms with E-state index in [0.29, 0.717) is 21.5 Å². The second-order valence-electron chi connectivity index (χ2n) is 7.02. The number of aromatic nitrogens is 1. The Labute approximate surface area is 185 Å². The van der Waals surface area contributed by atoms with Gasteiger partial charge in [-0.25, -0.2) is 9.37 Å². The van der Waals surface area contributed by atoms with Crippen molar-refractivity contribution in [2.24, 2.45) is 0 Å². The standard InChI is InChI=1S/C23H15FN2O5S/c1-30-14-5-2-4-12(10-14)20(27)18-19(16-6-3-9-31-16)26(22(29)21(18)28)23-25-15-8-7-13(24)11-17(15)32-23/h2-11,19,27H,1H3. The Kier molecular flexibility index (Phi) is 4.75. The molecule has 2 aromatic carbocycles. The van der Waals surface area contributed by atoms with Gasteiger partial charge >= 0.3 is 5.91 Å². The Hall–Kier alpha value is -3.98. The smallest absolute Gasteiger partial charge is 0.302 e. The number of aliphatic hydroxyl groups is 1. The molecule has 5 rings (SSSR count). The van der Waals surface area contributed by atoms with E-state index in [4.69, 9.17) is 9.15 Å². The van der Waals surface area contributed by atoms with Crippen LogP contribution in [0.25, 0.3) is 16.0 Å². The van der Waals surface area contributed by atoms with E-state index in [1.165, 1.54) is 36.5 Å². The number of Topliss-reactive ketones (excluding diaryl/α,β-unsaturated/α-hetero) is 1. The summed E-state index contributed by atoms with van der Waals surface area (Å²) in [6.45, 7) is 0. The van der Waals surface area contributed by atoms with Crippen LogP contribution in [0, 0.1) is 5.82 Å². The average molecular weight is 450 g/mol. The summed E-state index contributed by atoms with van der Waals surface area (Å²) in [5.74, 6) is -1.79. The molecule has 1 unspecified atom stereocenters. The summed E-state index contributed by atoms with van der Waals surface area (Å²) in [4.78, 5) is 31.7. The summed E-state index contributed by atoms with van der Waals surface area (Å²) in [6.07, 6.45) is 1.41. The molecule has 1 amide bonds. The maximum Gasteiger partial charge on any atom is 0.302 e. The van der Waals surface area contributed by atoms with Crippen LogP contribution in [0.1, 0.15) is 17.4 Å². The van der Waals surface area contributed by atoms with Gasteiger partial charge in [-0.2, -0.15) is 0 Å². The molecule has 0 saturated carbocycles. The van der Waals surface area contributed by atoms with Gasteiger partial charge in [-0.15, -0.1) is 0 Å². The number of hydrogen-bond donors (Lipinski definition) is 1. The van der Waals surface area contributed by atoms with Crippen LogP contribution in [0.3, 0.4) is 0 Å². The van der Waals surface area contributed by atoms with Crippen LogP contribution in [-0.2, 0) is 9.59 Å². The second-order valence-corrected chi connectivity index (χ2v) is 8.03. The topological polar surface area (TPSA) is 92.9 Å². The van der Waals surface area contributed by atoms with Crippen LogP contribution < -0.4 is 9.64 Å². The molecular formula is C23H15FN2O5S. The predicted molar refractivity (Wildman–Crippen MR) is 116 cm³/mol. The molecule has 0 radical (unpaired) electrons. The number of halogens is 1. The lowest BCUT2D eigenvalue weighted by molar-refractivity contribution is -0.132. The van der Waals surface area contributed by atoms with E-state index >= 15 is 0 Å². The largest absolute Gasteiger partial charge is 0.507 e. The normalized spacial score (nSPS) is 17.9. The molecule has 3 heterocycles. The number of thiazole rings is 1. The van der Waals surface area contributed by atoms with Gasteiger partial charge in [0.1, 0.15) is 29.1 Å². The second kappa shape index (κ2) is 7.61. The minimum atomic E-state index is -1.04. The van der Waals surface area contributed by atoms with E-state index in [9.17, 15) is 19.1 Å². The molecule has 1 aliphatic rings. The van der Waals surface area contributed by atoms with Crippen molar-refractivity contribution in [1.29, 1.82) is 0 Å². The molecule has 2 aromatic heterocycles. The summed E-state index contributed by atoms with van der Waals surface area (Å²) >= 11 is 1.07. The SMILES string of the molecule is COc1cccc(C(O)=C2C(=O)C(=O)N(c3nc4ccc(F)cc4s3)C2c2ccco2)c1. The summed E-state index contributed by atoms with van der Waals surface area (Å²) in [7, 11) is 1.48. The minimum Gasteiger partial charge on any atom is -0.507 e.